The second kappa shape index (κ2) is 8.19. The molecule has 0 saturated carbocycles. The minimum atomic E-state index is -0.919. The maximum atomic E-state index is 14.2. The van der Waals surface area contributed by atoms with Crippen LogP contribution in [0.2, 0.25) is 0 Å². The van der Waals surface area contributed by atoms with Gasteiger partial charge in [-0.15, -0.1) is 0 Å². The maximum absolute atomic E-state index is 14.2. The van der Waals surface area contributed by atoms with E-state index >= 15 is 0 Å². The first-order valence-corrected chi connectivity index (χ1v) is 11.1. The van der Waals surface area contributed by atoms with Gasteiger partial charge in [-0.1, -0.05) is 13.8 Å². The molecule has 0 unspecified atom stereocenters. The highest BCUT2D eigenvalue weighted by Crippen LogP contribution is 2.43. The minimum absolute atomic E-state index is 0.0458. The van der Waals surface area contributed by atoms with E-state index in [-0.39, 0.29) is 17.6 Å². The Labute approximate surface area is 190 Å². The number of methoxy groups -OCH3 is 1. The Kier molecular flexibility index (Phi) is 5.32. The van der Waals surface area contributed by atoms with Crippen molar-refractivity contribution < 1.29 is 23.8 Å². The van der Waals surface area contributed by atoms with Gasteiger partial charge in [0.1, 0.15) is 0 Å². The average molecular weight is 451 g/mol. The molecule has 0 amide bonds. The fourth-order valence-electron chi connectivity index (χ4n) is 5.01. The molecule has 1 aliphatic rings. The van der Waals surface area contributed by atoms with E-state index in [1.807, 2.05) is 0 Å². The lowest BCUT2D eigenvalue weighted by atomic mass is 9.87. The number of carboxylic acid groups (broad SMARTS) is 1. The minimum Gasteiger partial charge on any atom is -0.494 e. The first kappa shape index (κ1) is 21.5. The Morgan fingerprint density at radius 1 is 1.30 bits per heavy atom. The standard InChI is InChI=1S/C25H26FN3O4/c1-13(2)24-23(14-4-7-21(25(30)31)33-12-14)17-10-19-15(11-27-28-19)8-20(17)29(24)16-5-6-18(26)22(9-16)32-3/h5-6,8-11,13-14,21H,4,7,12H2,1-3H3,(H,27,28)(H,30,31)/t14-,21+/m1/s1. The van der Waals surface area contributed by atoms with Crippen LogP contribution >= 0.6 is 0 Å². The molecule has 2 N–H and O–H groups in total. The lowest BCUT2D eigenvalue weighted by molar-refractivity contribution is -0.153. The number of halogens is 1. The van der Waals surface area contributed by atoms with E-state index in [1.54, 1.807) is 18.3 Å². The van der Waals surface area contributed by atoms with Crippen molar-refractivity contribution in [2.75, 3.05) is 13.7 Å². The van der Waals surface area contributed by atoms with E-state index in [0.717, 1.165) is 38.8 Å². The van der Waals surface area contributed by atoms with E-state index < -0.39 is 17.9 Å². The van der Waals surface area contributed by atoms with Gasteiger partial charge in [0.05, 0.1) is 30.9 Å². The smallest absolute Gasteiger partial charge is 0.332 e. The van der Waals surface area contributed by atoms with E-state index in [4.69, 9.17) is 9.47 Å². The molecule has 172 valence electrons. The van der Waals surface area contributed by atoms with Gasteiger partial charge in [0.2, 0.25) is 0 Å². The number of carboxylic acids is 1. The molecule has 4 aromatic rings. The van der Waals surface area contributed by atoms with Crippen LogP contribution in [0.25, 0.3) is 27.5 Å². The van der Waals surface area contributed by atoms with Gasteiger partial charge in [-0.25, -0.2) is 9.18 Å². The molecule has 3 heterocycles. The molecule has 0 radical (unpaired) electrons. The summed E-state index contributed by atoms with van der Waals surface area (Å²) in [6.45, 7) is 4.60. The second-order valence-electron chi connectivity index (χ2n) is 8.87. The highest BCUT2D eigenvalue weighted by atomic mass is 19.1. The van der Waals surface area contributed by atoms with Crippen molar-refractivity contribution >= 4 is 27.8 Å². The van der Waals surface area contributed by atoms with Crippen molar-refractivity contribution in [3.8, 4) is 11.4 Å². The molecular formula is C25H26FN3O4. The molecule has 0 aliphatic carbocycles. The Bertz CT molecular complexity index is 1350. The Morgan fingerprint density at radius 3 is 2.79 bits per heavy atom. The summed E-state index contributed by atoms with van der Waals surface area (Å²) in [7, 11) is 1.46. The third-order valence-electron chi connectivity index (χ3n) is 6.50. The second-order valence-corrected chi connectivity index (χ2v) is 8.87. The van der Waals surface area contributed by atoms with Gasteiger partial charge in [0.25, 0.3) is 0 Å². The van der Waals surface area contributed by atoms with Gasteiger partial charge in [-0.3, -0.25) is 5.10 Å². The maximum Gasteiger partial charge on any atom is 0.332 e. The number of nitrogens with zero attached hydrogens (tertiary/aromatic N) is 2. The summed E-state index contributed by atoms with van der Waals surface area (Å²) in [5, 5.41) is 18.6. The summed E-state index contributed by atoms with van der Waals surface area (Å²) in [5.74, 6) is -0.957. The van der Waals surface area contributed by atoms with Gasteiger partial charge >= 0.3 is 5.97 Å². The number of ether oxygens (including phenoxy) is 2. The third kappa shape index (κ3) is 3.54. The zero-order valence-electron chi connectivity index (χ0n) is 18.8. The topological polar surface area (TPSA) is 89.4 Å². The molecule has 33 heavy (non-hydrogen) atoms. The summed E-state index contributed by atoms with van der Waals surface area (Å²) in [6, 6.07) is 9.07. The summed E-state index contributed by atoms with van der Waals surface area (Å²) < 4.78 is 27.4. The summed E-state index contributed by atoms with van der Waals surface area (Å²) in [6.07, 6.45) is 2.19. The molecule has 2 atom stereocenters. The third-order valence-corrected chi connectivity index (χ3v) is 6.50. The Morgan fingerprint density at radius 2 is 2.12 bits per heavy atom. The predicted octanol–water partition coefficient (Wildman–Crippen LogP) is 5.13. The molecule has 5 rings (SSSR count). The van der Waals surface area contributed by atoms with Gasteiger partial charge in [0, 0.05) is 34.1 Å². The average Bonchev–Trinajstić information content (AvgIpc) is 3.39. The van der Waals surface area contributed by atoms with Crippen LogP contribution in [0.1, 0.15) is 49.8 Å². The lowest BCUT2D eigenvalue weighted by Gasteiger charge is -2.28. The zero-order valence-corrected chi connectivity index (χ0v) is 18.8. The predicted molar refractivity (Wildman–Crippen MR) is 123 cm³/mol. The van der Waals surface area contributed by atoms with Crippen LogP contribution in [-0.2, 0) is 9.53 Å². The highest BCUT2D eigenvalue weighted by molar-refractivity contribution is 5.99. The van der Waals surface area contributed by atoms with Crippen LogP contribution in [0, 0.1) is 5.82 Å². The number of carbonyl (C=O) groups is 1. The van der Waals surface area contributed by atoms with Gasteiger partial charge in [0.15, 0.2) is 17.7 Å². The van der Waals surface area contributed by atoms with Crippen molar-refractivity contribution in [3.63, 3.8) is 0 Å². The summed E-state index contributed by atoms with van der Waals surface area (Å²) >= 11 is 0. The number of aromatic amines is 1. The van der Waals surface area contributed by atoms with Crippen molar-refractivity contribution in [2.24, 2.45) is 0 Å². The number of rotatable bonds is 5. The van der Waals surface area contributed by atoms with Crippen molar-refractivity contribution in [1.29, 1.82) is 0 Å². The first-order chi connectivity index (χ1) is 15.9. The van der Waals surface area contributed by atoms with Crippen LogP contribution in [0.4, 0.5) is 4.39 Å². The number of aliphatic carboxylic acids is 1. The summed E-state index contributed by atoms with van der Waals surface area (Å²) in [4.78, 5) is 11.4. The van der Waals surface area contributed by atoms with Crippen LogP contribution < -0.4 is 4.74 Å². The Balaban J connectivity index is 1.77. The van der Waals surface area contributed by atoms with Crippen molar-refractivity contribution in [1.82, 2.24) is 14.8 Å². The van der Waals surface area contributed by atoms with Crippen LogP contribution in [0.3, 0.4) is 0 Å². The molecule has 7 nitrogen and oxygen atoms in total. The molecule has 1 aliphatic heterocycles. The SMILES string of the molecule is COc1cc(-n2c(C(C)C)c([C@@H]3CC[C@@H](C(=O)O)OC3)c3cc4[nH]ncc4cc32)ccc1F. The van der Waals surface area contributed by atoms with Gasteiger partial charge in [-0.2, -0.15) is 5.10 Å². The number of aromatic nitrogens is 3. The molecule has 8 heteroatoms. The van der Waals surface area contributed by atoms with Crippen LogP contribution in [0.5, 0.6) is 5.75 Å². The molecule has 1 saturated heterocycles. The van der Waals surface area contributed by atoms with E-state index in [2.05, 4.69) is 40.7 Å². The normalized spacial score (nSPS) is 18.9. The zero-order chi connectivity index (χ0) is 23.3. The van der Waals surface area contributed by atoms with Crippen molar-refractivity contribution in [3.05, 3.63) is 53.6 Å². The fourth-order valence-corrected chi connectivity index (χ4v) is 5.01. The molecule has 0 spiro atoms. The largest absolute Gasteiger partial charge is 0.494 e. The van der Waals surface area contributed by atoms with Gasteiger partial charge in [-0.05, 0) is 48.6 Å². The molecule has 1 fully saturated rings. The van der Waals surface area contributed by atoms with Crippen LogP contribution in [-0.4, -0.2) is 45.7 Å². The fraction of sp³-hybridized carbons (Fsp3) is 0.360. The van der Waals surface area contributed by atoms with Crippen LogP contribution in [0.15, 0.2) is 36.5 Å². The number of hydrogen-bond donors (Lipinski definition) is 2. The van der Waals surface area contributed by atoms with Gasteiger partial charge < -0.3 is 19.1 Å². The highest BCUT2D eigenvalue weighted by Gasteiger charge is 2.33. The molecular weight excluding hydrogens is 425 g/mol. The number of nitrogens with one attached hydrogen (secondary N) is 1. The number of fused-ring (bicyclic) bond motifs is 2. The number of H-pyrrole nitrogens is 1. The number of benzene rings is 2. The molecule has 2 aromatic carbocycles. The van der Waals surface area contributed by atoms with E-state index in [9.17, 15) is 14.3 Å². The Hall–Kier alpha value is -3.39. The summed E-state index contributed by atoms with van der Waals surface area (Å²) in [5.41, 5.74) is 4.95. The lowest BCUT2D eigenvalue weighted by Crippen LogP contribution is -2.31. The quantitative estimate of drug-likeness (QED) is 0.439. The number of hydrogen-bond acceptors (Lipinski definition) is 4. The van der Waals surface area contributed by atoms with E-state index in [0.29, 0.717) is 19.4 Å². The van der Waals surface area contributed by atoms with E-state index in [1.165, 1.54) is 13.2 Å². The van der Waals surface area contributed by atoms with Crippen molar-refractivity contribution in [2.45, 2.75) is 44.6 Å². The monoisotopic (exact) mass is 451 g/mol. The molecule has 2 aromatic heterocycles. The first-order valence-electron chi connectivity index (χ1n) is 11.1. The molecule has 0 bridgehead atoms.